The summed E-state index contributed by atoms with van der Waals surface area (Å²) in [7, 11) is -0.531. The maximum absolute atomic E-state index is 12.4. The number of rotatable bonds is 8. The summed E-state index contributed by atoms with van der Waals surface area (Å²) in [5.41, 5.74) is 7.80. The summed E-state index contributed by atoms with van der Waals surface area (Å²) < 4.78 is 27.9. The van der Waals surface area contributed by atoms with Crippen molar-refractivity contribution in [1.82, 2.24) is 19.3 Å². The molecule has 0 bridgehead atoms. The third-order valence-electron chi connectivity index (χ3n) is 4.59. The number of sulfonamides is 1. The van der Waals surface area contributed by atoms with Gasteiger partial charge in [-0.1, -0.05) is 18.2 Å². The highest BCUT2D eigenvalue weighted by molar-refractivity contribution is 7.89. The molecule has 1 heterocycles. The molecule has 0 radical (unpaired) electrons. The number of aryl methyl sites for hydroxylation is 2. The Morgan fingerprint density at radius 2 is 1.86 bits per heavy atom. The predicted octanol–water partition coefficient (Wildman–Crippen LogP) is 2.38. The highest BCUT2D eigenvalue weighted by Crippen LogP contribution is 2.22. The minimum Gasteiger partial charge on any atom is -0.328 e. The molecule has 0 aliphatic carbocycles. The molecule has 154 valence electrons. The molecular formula is C20H25N5O3S. The maximum atomic E-state index is 12.4. The van der Waals surface area contributed by atoms with Crippen LogP contribution in [0.2, 0.25) is 0 Å². The normalized spacial score (nSPS) is 11.7. The molecule has 0 unspecified atom stereocenters. The van der Waals surface area contributed by atoms with Crippen LogP contribution in [0.25, 0.3) is 11.0 Å². The average molecular weight is 416 g/mol. The summed E-state index contributed by atoms with van der Waals surface area (Å²) in [6.07, 6.45) is 0.701. The van der Waals surface area contributed by atoms with Crippen molar-refractivity contribution in [2.75, 3.05) is 19.5 Å². The summed E-state index contributed by atoms with van der Waals surface area (Å²) >= 11 is 0. The lowest BCUT2D eigenvalue weighted by molar-refractivity contribution is -0.120. The Labute approximate surface area is 170 Å². The molecule has 8 nitrogen and oxygen atoms in total. The van der Waals surface area contributed by atoms with Crippen molar-refractivity contribution in [3.8, 4) is 0 Å². The zero-order valence-electron chi connectivity index (χ0n) is 16.7. The standard InChI is InChI=1S/C20H25N5O3S/c1-4-25-18-11-10-16(29(27,28)24(2)3)14-17(18)21-19(25)12-13-20(26)23-22-15-8-6-5-7-9-15/h5-11,14,22H,4,12-13H2,1-3H3,(H,23,26). The zero-order chi connectivity index (χ0) is 21.0. The Bertz CT molecular complexity index is 1110. The quantitative estimate of drug-likeness (QED) is 0.551. The third kappa shape index (κ3) is 4.57. The van der Waals surface area contributed by atoms with Gasteiger partial charge < -0.3 is 4.57 Å². The predicted molar refractivity (Wildman–Crippen MR) is 113 cm³/mol. The summed E-state index contributed by atoms with van der Waals surface area (Å²) in [5.74, 6) is 0.594. The van der Waals surface area contributed by atoms with Gasteiger partial charge in [0.2, 0.25) is 15.9 Å². The van der Waals surface area contributed by atoms with Crippen LogP contribution in [0, 0.1) is 0 Å². The topological polar surface area (TPSA) is 96.3 Å². The van der Waals surface area contributed by atoms with E-state index in [1.807, 2.05) is 41.8 Å². The number of hydrogen-bond donors (Lipinski definition) is 2. The Morgan fingerprint density at radius 1 is 1.14 bits per heavy atom. The SMILES string of the molecule is CCn1c(CCC(=O)NNc2ccccc2)nc2cc(S(=O)(=O)N(C)C)ccc21. The number of nitrogens with zero attached hydrogens (tertiary/aromatic N) is 3. The van der Waals surface area contributed by atoms with Crippen LogP contribution in [0.4, 0.5) is 5.69 Å². The van der Waals surface area contributed by atoms with Crippen LogP contribution in [0.15, 0.2) is 53.4 Å². The van der Waals surface area contributed by atoms with E-state index >= 15 is 0 Å². The molecule has 2 N–H and O–H groups in total. The number of nitrogens with one attached hydrogen (secondary N) is 2. The van der Waals surface area contributed by atoms with E-state index in [1.54, 1.807) is 18.2 Å². The molecule has 3 rings (SSSR count). The first-order chi connectivity index (χ1) is 13.8. The van der Waals surface area contributed by atoms with Gasteiger partial charge in [-0.3, -0.25) is 15.6 Å². The molecule has 0 saturated carbocycles. The van der Waals surface area contributed by atoms with Gasteiger partial charge >= 0.3 is 0 Å². The summed E-state index contributed by atoms with van der Waals surface area (Å²) in [5, 5.41) is 0. The molecule has 1 aromatic heterocycles. The van der Waals surface area contributed by atoms with Crippen molar-refractivity contribution in [3.05, 3.63) is 54.4 Å². The van der Waals surface area contributed by atoms with E-state index < -0.39 is 10.0 Å². The molecular weight excluding hydrogens is 390 g/mol. The highest BCUT2D eigenvalue weighted by Gasteiger charge is 2.19. The van der Waals surface area contributed by atoms with Gasteiger partial charge in [0.15, 0.2) is 0 Å². The van der Waals surface area contributed by atoms with E-state index in [0.717, 1.165) is 17.0 Å². The second kappa shape index (κ2) is 8.62. The van der Waals surface area contributed by atoms with Crippen molar-refractivity contribution in [1.29, 1.82) is 0 Å². The third-order valence-corrected chi connectivity index (χ3v) is 6.40. The summed E-state index contributed by atoms with van der Waals surface area (Å²) in [6, 6.07) is 14.3. The smallest absolute Gasteiger partial charge is 0.242 e. The molecule has 0 aliphatic heterocycles. The molecule has 29 heavy (non-hydrogen) atoms. The lowest BCUT2D eigenvalue weighted by atomic mass is 10.3. The van der Waals surface area contributed by atoms with Crippen LogP contribution in [0.3, 0.4) is 0 Å². The number of hydrazine groups is 1. The van der Waals surface area contributed by atoms with E-state index in [-0.39, 0.29) is 17.2 Å². The van der Waals surface area contributed by atoms with Crippen molar-refractivity contribution in [3.63, 3.8) is 0 Å². The fraction of sp³-hybridized carbons (Fsp3) is 0.300. The largest absolute Gasteiger partial charge is 0.328 e. The first-order valence-electron chi connectivity index (χ1n) is 9.34. The molecule has 1 amide bonds. The van der Waals surface area contributed by atoms with Crippen LogP contribution < -0.4 is 10.9 Å². The minimum absolute atomic E-state index is 0.153. The number of para-hydroxylation sites is 1. The average Bonchev–Trinajstić information content (AvgIpc) is 3.08. The summed E-state index contributed by atoms with van der Waals surface area (Å²) in [6.45, 7) is 2.67. The van der Waals surface area contributed by atoms with Gasteiger partial charge in [-0.05, 0) is 37.3 Å². The van der Waals surface area contributed by atoms with Crippen molar-refractivity contribution in [2.45, 2.75) is 31.2 Å². The Kier molecular flexibility index (Phi) is 6.19. The van der Waals surface area contributed by atoms with Crippen LogP contribution in [0.5, 0.6) is 0 Å². The number of carbonyl (C=O) groups excluding carboxylic acids is 1. The van der Waals surface area contributed by atoms with E-state index in [4.69, 9.17) is 0 Å². The summed E-state index contributed by atoms with van der Waals surface area (Å²) in [4.78, 5) is 17.0. The fourth-order valence-electron chi connectivity index (χ4n) is 3.03. The first-order valence-corrected chi connectivity index (χ1v) is 10.8. The Hall–Kier alpha value is -2.91. The van der Waals surface area contributed by atoms with Crippen LogP contribution in [-0.2, 0) is 27.8 Å². The zero-order valence-corrected chi connectivity index (χ0v) is 17.5. The van der Waals surface area contributed by atoms with Crippen LogP contribution >= 0.6 is 0 Å². The molecule has 0 saturated heterocycles. The van der Waals surface area contributed by atoms with E-state index in [9.17, 15) is 13.2 Å². The number of carbonyl (C=O) groups is 1. The molecule has 0 aliphatic rings. The number of benzene rings is 2. The molecule has 9 heteroatoms. The van der Waals surface area contributed by atoms with Crippen LogP contribution in [0.1, 0.15) is 19.2 Å². The second-order valence-corrected chi connectivity index (χ2v) is 8.90. The monoisotopic (exact) mass is 415 g/mol. The number of fused-ring (bicyclic) bond motifs is 1. The molecule has 2 aromatic carbocycles. The second-order valence-electron chi connectivity index (χ2n) is 6.75. The molecule has 0 spiro atoms. The lowest BCUT2D eigenvalue weighted by Crippen LogP contribution is -2.29. The van der Waals surface area contributed by atoms with Crippen molar-refractivity contribution >= 4 is 32.7 Å². The van der Waals surface area contributed by atoms with Crippen molar-refractivity contribution in [2.24, 2.45) is 0 Å². The number of hydrogen-bond acceptors (Lipinski definition) is 5. The van der Waals surface area contributed by atoms with Crippen molar-refractivity contribution < 1.29 is 13.2 Å². The van der Waals surface area contributed by atoms with E-state index in [0.29, 0.717) is 18.5 Å². The fourth-order valence-corrected chi connectivity index (χ4v) is 3.95. The number of aromatic nitrogens is 2. The first kappa shape index (κ1) is 20.8. The van der Waals surface area contributed by atoms with E-state index in [2.05, 4.69) is 15.8 Å². The number of anilines is 1. The lowest BCUT2D eigenvalue weighted by Gasteiger charge is -2.11. The van der Waals surface area contributed by atoms with Gasteiger partial charge in [-0.15, -0.1) is 0 Å². The highest BCUT2D eigenvalue weighted by atomic mass is 32.2. The molecule has 3 aromatic rings. The molecule has 0 atom stereocenters. The Morgan fingerprint density at radius 3 is 2.52 bits per heavy atom. The number of amides is 1. The Balaban J connectivity index is 1.74. The molecule has 0 fully saturated rings. The van der Waals surface area contributed by atoms with Gasteiger partial charge in [0, 0.05) is 33.5 Å². The maximum Gasteiger partial charge on any atom is 0.242 e. The minimum atomic E-state index is -3.53. The van der Waals surface area contributed by atoms with Gasteiger partial charge in [0.1, 0.15) is 5.82 Å². The number of imidazole rings is 1. The van der Waals surface area contributed by atoms with Crippen LogP contribution in [-0.4, -0.2) is 42.3 Å². The van der Waals surface area contributed by atoms with Gasteiger partial charge in [-0.2, -0.15) is 0 Å². The van der Waals surface area contributed by atoms with E-state index in [1.165, 1.54) is 18.4 Å². The van der Waals surface area contributed by atoms with Gasteiger partial charge in [-0.25, -0.2) is 17.7 Å². The van der Waals surface area contributed by atoms with Gasteiger partial charge in [0.25, 0.3) is 0 Å². The van der Waals surface area contributed by atoms with Gasteiger partial charge in [0.05, 0.1) is 21.6 Å².